The van der Waals surface area contributed by atoms with Gasteiger partial charge in [-0.25, -0.2) is 0 Å². The van der Waals surface area contributed by atoms with Crippen molar-refractivity contribution in [3.63, 3.8) is 0 Å². The first-order valence-corrected chi connectivity index (χ1v) is 12.2. The van der Waals surface area contributed by atoms with Crippen molar-refractivity contribution in [2.24, 2.45) is 5.92 Å². The van der Waals surface area contributed by atoms with Gasteiger partial charge in [0, 0.05) is 27.7 Å². The van der Waals surface area contributed by atoms with Crippen molar-refractivity contribution >= 4 is 22.7 Å². The minimum atomic E-state index is -0.631. The highest BCUT2D eigenvalue weighted by atomic mass is 16.3. The number of hydrogen-bond donors (Lipinski definition) is 2. The van der Waals surface area contributed by atoms with Gasteiger partial charge in [0.15, 0.2) is 0 Å². The standard InChI is InChI=1S/C29H31N3O3/c1-5-17(2)26(28(33)30-16-20-15-14-18(3)35-20)32-27(21-10-6-7-11-22(21)29(32)34)25-19(4)31-24-13-9-8-12-23(24)25/h6-15,17,26-27,31H,5,16H2,1-4H3,(H,30,33). The van der Waals surface area contributed by atoms with Crippen molar-refractivity contribution in [1.82, 2.24) is 15.2 Å². The number of rotatable bonds is 7. The van der Waals surface area contributed by atoms with Crippen LogP contribution in [0.3, 0.4) is 0 Å². The lowest BCUT2D eigenvalue weighted by Crippen LogP contribution is -2.51. The fourth-order valence-corrected chi connectivity index (χ4v) is 5.31. The molecule has 4 aromatic rings. The molecular weight excluding hydrogens is 438 g/mol. The minimum Gasteiger partial charge on any atom is -0.465 e. The van der Waals surface area contributed by atoms with Gasteiger partial charge in [0.05, 0.1) is 12.6 Å². The van der Waals surface area contributed by atoms with Crippen molar-refractivity contribution in [1.29, 1.82) is 0 Å². The monoisotopic (exact) mass is 469 g/mol. The van der Waals surface area contributed by atoms with Crippen LogP contribution in [0.2, 0.25) is 0 Å². The summed E-state index contributed by atoms with van der Waals surface area (Å²) < 4.78 is 5.64. The van der Waals surface area contributed by atoms with Crippen molar-refractivity contribution in [3.8, 4) is 0 Å². The van der Waals surface area contributed by atoms with Gasteiger partial charge in [-0.05, 0) is 49.6 Å². The van der Waals surface area contributed by atoms with Gasteiger partial charge in [0.25, 0.3) is 5.91 Å². The van der Waals surface area contributed by atoms with Crippen LogP contribution in [-0.4, -0.2) is 27.7 Å². The molecule has 3 atom stereocenters. The van der Waals surface area contributed by atoms with Crippen LogP contribution >= 0.6 is 0 Å². The van der Waals surface area contributed by atoms with Gasteiger partial charge in [0.2, 0.25) is 5.91 Å². The molecule has 1 aliphatic heterocycles. The number of aromatic nitrogens is 1. The number of amides is 2. The molecule has 0 saturated heterocycles. The highest BCUT2D eigenvalue weighted by Crippen LogP contribution is 2.44. The number of furan rings is 1. The van der Waals surface area contributed by atoms with Crippen LogP contribution in [0.4, 0.5) is 0 Å². The molecule has 3 heterocycles. The first-order valence-electron chi connectivity index (χ1n) is 12.2. The lowest BCUT2D eigenvalue weighted by molar-refractivity contribution is -0.128. The Morgan fingerprint density at radius 1 is 1.09 bits per heavy atom. The summed E-state index contributed by atoms with van der Waals surface area (Å²) in [4.78, 5) is 32.9. The van der Waals surface area contributed by atoms with Gasteiger partial charge in [-0.3, -0.25) is 9.59 Å². The number of benzene rings is 2. The van der Waals surface area contributed by atoms with E-state index in [4.69, 9.17) is 4.42 Å². The highest BCUT2D eigenvalue weighted by molar-refractivity contribution is 6.03. The maximum absolute atomic E-state index is 13.9. The molecule has 2 aromatic carbocycles. The zero-order valence-corrected chi connectivity index (χ0v) is 20.6. The molecule has 0 aliphatic carbocycles. The summed E-state index contributed by atoms with van der Waals surface area (Å²) in [5.41, 5.74) is 4.66. The first-order chi connectivity index (χ1) is 16.9. The topological polar surface area (TPSA) is 78.3 Å². The number of para-hydroxylation sites is 1. The Morgan fingerprint density at radius 3 is 2.57 bits per heavy atom. The Kier molecular flexibility index (Phi) is 5.97. The number of H-pyrrole nitrogens is 1. The Labute approximate surface area is 205 Å². The van der Waals surface area contributed by atoms with Crippen LogP contribution in [0.25, 0.3) is 10.9 Å². The number of aromatic amines is 1. The average molecular weight is 470 g/mol. The molecule has 180 valence electrons. The third-order valence-electron chi connectivity index (χ3n) is 7.20. The van der Waals surface area contributed by atoms with Crippen molar-refractivity contribution in [2.75, 3.05) is 0 Å². The zero-order chi connectivity index (χ0) is 24.7. The number of fused-ring (bicyclic) bond motifs is 2. The molecule has 0 spiro atoms. The second-order valence-corrected chi connectivity index (χ2v) is 9.47. The fraction of sp³-hybridized carbons (Fsp3) is 0.310. The Balaban J connectivity index is 1.60. The second-order valence-electron chi connectivity index (χ2n) is 9.47. The van der Waals surface area contributed by atoms with E-state index in [9.17, 15) is 9.59 Å². The fourth-order valence-electron chi connectivity index (χ4n) is 5.31. The predicted octanol–water partition coefficient (Wildman–Crippen LogP) is 5.65. The molecule has 6 nitrogen and oxygen atoms in total. The first kappa shape index (κ1) is 23.0. The third kappa shape index (κ3) is 3.93. The molecule has 3 unspecified atom stereocenters. The minimum absolute atomic E-state index is 0.0420. The third-order valence-corrected chi connectivity index (χ3v) is 7.20. The number of carbonyl (C=O) groups excluding carboxylic acids is 2. The van der Waals surface area contributed by atoms with E-state index in [0.29, 0.717) is 11.3 Å². The number of aryl methyl sites for hydroxylation is 2. The number of nitrogens with zero attached hydrogens (tertiary/aromatic N) is 1. The zero-order valence-electron chi connectivity index (χ0n) is 20.6. The van der Waals surface area contributed by atoms with Crippen LogP contribution in [0.1, 0.15) is 65.0 Å². The van der Waals surface area contributed by atoms with E-state index in [1.807, 2.05) is 80.3 Å². The molecule has 2 N–H and O–H groups in total. The van der Waals surface area contributed by atoms with Gasteiger partial charge in [0.1, 0.15) is 17.6 Å². The van der Waals surface area contributed by atoms with E-state index in [1.165, 1.54) is 0 Å². The summed E-state index contributed by atoms with van der Waals surface area (Å²) in [7, 11) is 0. The predicted molar refractivity (Wildman–Crippen MR) is 136 cm³/mol. The molecule has 0 fully saturated rings. The molecule has 1 aliphatic rings. The number of hydrogen-bond acceptors (Lipinski definition) is 3. The van der Waals surface area contributed by atoms with Crippen LogP contribution in [-0.2, 0) is 11.3 Å². The Morgan fingerprint density at radius 2 is 1.83 bits per heavy atom. The lowest BCUT2D eigenvalue weighted by Gasteiger charge is -2.36. The normalized spacial score (nSPS) is 17.0. The maximum atomic E-state index is 13.9. The Bertz CT molecular complexity index is 1400. The van der Waals surface area contributed by atoms with Gasteiger partial charge >= 0.3 is 0 Å². The smallest absolute Gasteiger partial charge is 0.255 e. The van der Waals surface area contributed by atoms with Crippen molar-refractivity contribution < 1.29 is 14.0 Å². The number of carbonyl (C=O) groups is 2. The molecule has 2 aromatic heterocycles. The molecule has 0 saturated carbocycles. The van der Waals surface area contributed by atoms with E-state index >= 15 is 0 Å². The quantitative estimate of drug-likeness (QED) is 0.367. The van der Waals surface area contributed by atoms with E-state index in [2.05, 4.69) is 23.3 Å². The summed E-state index contributed by atoms with van der Waals surface area (Å²) in [5.74, 6) is 1.17. The second kappa shape index (κ2) is 9.10. The molecule has 5 rings (SSSR count). The summed E-state index contributed by atoms with van der Waals surface area (Å²) >= 11 is 0. The largest absolute Gasteiger partial charge is 0.465 e. The van der Waals surface area contributed by atoms with Crippen LogP contribution in [0.5, 0.6) is 0 Å². The highest BCUT2D eigenvalue weighted by Gasteiger charge is 2.46. The van der Waals surface area contributed by atoms with Crippen LogP contribution in [0.15, 0.2) is 65.1 Å². The molecular formula is C29H31N3O3. The van der Waals surface area contributed by atoms with Crippen molar-refractivity contribution in [2.45, 2.75) is 52.7 Å². The molecule has 0 radical (unpaired) electrons. The summed E-state index contributed by atoms with van der Waals surface area (Å²) in [6.45, 7) is 8.29. The van der Waals surface area contributed by atoms with Crippen LogP contribution in [0, 0.1) is 19.8 Å². The Hall–Kier alpha value is -3.80. The van der Waals surface area contributed by atoms with Gasteiger partial charge in [-0.15, -0.1) is 0 Å². The van der Waals surface area contributed by atoms with Gasteiger partial charge in [-0.2, -0.15) is 0 Å². The summed E-state index contributed by atoms with van der Waals surface area (Å²) in [6.07, 6.45) is 0.762. The van der Waals surface area contributed by atoms with E-state index < -0.39 is 6.04 Å². The summed E-state index contributed by atoms with van der Waals surface area (Å²) in [6, 6.07) is 18.6. The van der Waals surface area contributed by atoms with E-state index in [-0.39, 0.29) is 30.3 Å². The van der Waals surface area contributed by atoms with Gasteiger partial charge in [-0.1, -0.05) is 56.7 Å². The van der Waals surface area contributed by atoms with E-state index in [0.717, 1.165) is 39.9 Å². The lowest BCUT2D eigenvalue weighted by atomic mass is 9.91. The maximum Gasteiger partial charge on any atom is 0.255 e. The summed E-state index contributed by atoms with van der Waals surface area (Å²) in [5, 5.41) is 4.10. The average Bonchev–Trinajstić information content (AvgIpc) is 3.51. The van der Waals surface area contributed by atoms with E-state index in [1.54, 1.807) is 0 Å². The SMILES string of the molecule is CCC(C)C(C(=O)NCc1ccc(C)o1)N1C(=O)c2ccccc2C1c1c(C)[nH]c2ccccc12. The number of nitrogens with one attached hydrogen (secondary N) is 2. The molecule has 35 heavy (non-hydrogen) atoms. The van der Waals surface area contributed by atoms with Gasteiger partial charge < -0.3 is 19.6 Å². The van der Waals surface area contributed by atoms with Crippen LogP contribution < -0.4 is 5.32 Å². The molecule has 6 heteroatoms. The molecule has 2 amide bonds. The molecule has 0 bridgehead atoms. The van der Waals surface area contributed by atoms with Crippen molar-refractivity contribution in [3.05, 3.63) is 94.6 Å².